The van der Waals surface area contributed by atoms with Gasteiger partial charge in [0.15, 0.2) is 11.5 Å². The maximum absolute atomic E-state index is 13.3. The van der Waals surface area contributed by atoms with E-state index in [4.69, 9.17) is 4.74 Å². The lowest BCUT2D eigenvalue weighted by Gasteiger charge is -2.29. The summed E-state index contributed by atoms with van der Waals surface area (Å²) in [6, 6.07) is 14.6. The molecule has 0 bridgehead atoms. The van der Waals surface area contributed by atoms with Crippen molar-refractivity contribution >= 4 is 17.4 Å². The van der Waals surface area contributed by atoms with Crippen LogP contribution >= 0.6 is 0 Å². The lowest BCUT2D eigenvalue weighted by atomic mass is 9.82. The standard InChI is InChI=1S/C26H32N2O4/c1-7-32-20-14-8-17(9-15-20)16-28-22(18-10-12-19(13-11-18)27(5)6)21(23(29)25(28)31)24(30)26(2,3)4/h8-15,22,29H,7,16H2,1-6H3. The van der Waals surface area contributed by atoms with E-state index in [9.17, 15) is 14.7 Å². The van der Waals surface area contributed by atoms with E-state index >= 15 is 0 Å². The highest BCUT2D eigenvalue weighted by Crippen LogP contribution is 2.42. The Kier molecular flexibility index (Phi) is 6.63. The molecule has 2 aromatic carbocycles. The minimum absolute atomic E-state index is 0.158. The molecule has 0 radical (unpaired) electrons. The number of rotatable bonds is 7. The zero-order valence-electron chi connectivity index (χ0n) is 19.7. The second kappa shape index (κ2) is 9.07. The monoisotopic (exact) mass is 436 g/mol. The molecule has 2 aromatic rings. The van der Waals surface area contributed by atoms with Gasteiger partial charge < -0.3 is 19.6 Å². The number of amides is 1. The normalized spacial score (nSPS) is 16.5. The third-order valence-electron chi connectivity index (χ3n) is 5.54. The summed E-state index contributed by atoms with van der Waals surface area (Å²) in [6.45, 7) is 8.14. The maximum atomic E-state index is 13.3. The van der Waals surface area contributed by atoms with Crippen molar-refractivity contribution in [1.82, 2.24) is 4.90 Å². The molecule has 0 saturated heterocycles. The van der Waals surface area contributed by atoms with Gasteiger partial charge in [-0.25, -0.2) is 0 Å². The molecule has 32 heavy (non-hydrogen) atoms. The molecule has 1 aliphatic heterocycles. The van der Waals surface area contributed by atoms with Crippen LogP contribution in [-0.4, -0.2) is 42.4 Å². The summed E-state index contributed by atoms with van der Waals surface area (Å²) < 4.78 is 5.50. The van der Waals surface area contributed by atoms with Crippen molar-refractivity contribution in [2.45, 2.75) is 40.3 Å². The molecule has 1 unspecified atom stereocenters. The van der Waals surface area contributed by atoms with Crippen LogP contribution in [0.5, 0.6) is 5.75 Å². The lowest BCUT2D eigenvalue weighted by molar-refractivity contribution is -0.130. The number of Topliss-reactive ketones (excluding diaryl/α,β-unsaturated/α-hetero) is 1. The molecule has 6 heteroatoms. The Morgan fingerprint density at radius 1 is 1.06 bits per heavy atom. The summed E-state index contributed by atoms with van der Waals surface area (Å²) in [6.07, 6.45) is 0. The van der Waals surface area contributed by atoms with Crippen LogP contribution in [0.4, 0.5) is 5.69 Å². The molecule has 1 atom stereocenters. The lowest BCUT2D eigenvalue weighted by Crippen LogP contribution is -2.32. The predicted molar refractivity (Wildman–Crippen MR) is 126 cm³/mol. The highest BCUT2D eigenvalue weighted by Gasteiger charge is 2.45. The Labute approximate surface area is 190 Å². The van der Waals surface area contributed by atoms with E-state index in [1.807, 2.05) is 74.4 Å². The van der Waals surface area contributed by atoms with Gasteiger partial charge in [0.1, 0.15) is 5.75 Å². The fourth-order valence-corrected chi connectivity index (χ4v) is 3.81. The van der Waals surface area contributed by atoms with Crippen molar-refractivity contribution in [3.05, 3.63) is 71.0 Å². The molecule has 0 aromatic heterocycles. The number of hydrogen-bond acceptors (Lipinski definition) is 5. The molecular formula is C26H32N2O4. The molecule has 1 N–H and O–H groups in total. The first-order chi connectivity index (χ1) is 15.0. The van der Waals surface area contributed by atoms with Gasteiger partial charge in [-0.05, 0) is 42.3 Å². The van der Waals surface area contributed by atoms with Gasteiger partial charge in [-0.1, -0.05) is 45.0 Å². The van der Waals surface area contributed by atoms with Crippen LogP contribution in [0.15, 0.2) is 59.9 Å². The summed E-state index contributed by atoms with van der Waals surface area (Å²) in [4.78, 5) is 29.9. The fourth-order valence-electron chi connectivity index (χ4n) is 3.81. The van der Waals surface area contributed by atoms with Crippen molar-refractivity contribution in [3.63, 3.8) is 0 Å². The first-order valence-corrected chi connectivity index (χ1v) is 10.8. The highest BCUT2D eigenvalue weighted by atomic mass is 16.5. The third-order valence-corrected chi connectivity index (χ3v) is 5.54. The van der Waals surface area contributed by atoms with E-state index in [-0.39, 0.29) is 17.9 Å². The first-order valence-electron chi connectivity index (χ1n) is 10.8. The van der Waals surface area contributed by atoms with Crippen molar-refractivity contribution < 1.29 is 19.4 Å². The Morgan fingerprint density at radius 2 is 1.66 bits per heavy atom. The van der Waals surface area contributed by atoms with Crippen LogP contribution in [0.3, 0.4) is 0 Å². The number of anilines is 1. The molecule has 6 nitrogen and oxygen atoms in total. The van der Waals surface area contributed by atoms with E-state index < -0.39 is 23.1 Å². The largest absolute Gasteiger partial charge is 0.503 e. The third kappa shape index (κ3) is 4.64. The number of ether oxygens (including phenoxy) is 1. The number of carbonyl (C=O) groups is 2. The zero-order chi connectivity index (χ0) is 23.6. The van der Waals surface area contributed by atoms with Crippen molar-refractivity contribution in [3.8, 4) is 5.75 Å². The maximum Gasteiger partial charge on any atom is 0.290 e. The Hall–Kier alpha value is -3.28. The van der Waals surface area contributed by atoms with Gasteiger partial charge >= 0.3 is 0 Å². The first kappa shape index (κ1) is 23.4. The van der Waals surface area contributed by atoms with Crippen LogP contribution in [0, 0.1) is 5.41 Å². The average molecular weight is 437 g/mol. The van der Waals surface area contributed by atoms with Gasteiger partial charge in [-0.3, -0.25) is 9.59 Å². The van der Waals surface area contributed by atoms with Crippen LogP contribution < -0.4 is 9.64 Å². The smallest absolute Gasteiger partial charge is 0.290 e. The van der Waals surface area contributed by atoms with Crippen LogP contribution in [-0.2, 0) is 16.1 Å². The molecule has 0 spiro atoms. The SMILES string of the molecule is CCOc1ccc(CN2C(=O)C(O)=C(C(=O)C(C)(C)C)C2c2ccc(N(C)C)cc2)cc1. The van der Waals surface area contributed by atoms with Crippen LogP contribution in [0.2, 0.25) is 0 Å². The van der Waals surface area contributed by atoms with E-state index in [1.54, 1.807) is 25.7 Å². The zero-order valence-corrected chi connectivity index (χ0v) is 19.7. The van der Waals surface area contributed by atoms with E-state index in [0.29, 0.717) is 6.61 Å². The van der Waals surface area contributed by atoms with E-state index in [1.165, 1.54) is 0 Å². The quantitative estimate of drug-likeness (QED) is 0.683. The van der Waals surface area contributed by atoms with Gasteiger partial charge in [0, 0.05) is 31.7 Å². The number of carbonyl (C=O) groups excluding carboxylic acids is 2. The number of aliphatic hydroxyl groups excluding tert-OH is 1. The minimum Gasteiger partial charge on any atom is -0.503 e. The van der Waals surface area contributed by atoms with Crippen LogP contribution in [0.25, 0.3) is 0 Å². The van der Waals surface area contributed by atoms with Crippen molar-refractivity contribution in [2.24, 2.45) is 5.41 Å². The van der Waals surface area contributed by atoms with Gasteiger partial charge in [0.25, 0.3) is 5.91 Å². The van der Waals surface area contributed by atoms with Crippen LogP contribution in [0.1, 0.15) is 44.9 Å². The molecule has 1 heterocycles. The predicted octanol–water partition coefficient (Wildman–Crippen LogP) is 4.66. The Balaban J connectivity index is 2.02. The van der Waals surface area contributed by atoms with Gasteiger partial charge in [-0.15, -0.1) is 0 Å². The number of aliphatic hydroxyl groups is 1. The number of hydrogen-bond donors (Lipinski definition) is 1. The molecular weight excluding hydrogens is 404 g/mol. The van der Waals surface area contributed by atoms with Gasteiger partial charge in [0.05, 0.1) is 18.2 Å². The minimum atomic E-state index is -0.736. The van der Waals surface area contributed by atoms with Crippen molar-refractivity contribution in [1.29, 1.82) is 0 Å². The second-order valence-corrected chi connectivity index (χ2v) is 9.24. The fraction of sp³-hybridized carbons (Fsp3) is 0.385. The van der Waals surface area contributed by atoms with Gasteiger partial charge in [0.2, 0.25) is 0 Å². The van der Waals surface area contributed by atoms with E-state index in [0.717, 1.165) is 22.6 Å². The summed E-state index contributed by atoms with van der Waals surface area (Å²) in [5.41, 5.74) is 2.10. The second-order valence-electron chi connectivity index (χ2n) is 9.24. The summed E-state index contributed by atoms with van der Waals surface area (Å²) in [7, 11) is 3.90. The Bertz CT molecular complexity index is 1020. The summed E-state index contributed by atoms with van der Waals surface area (Å²) >= 11 is 0. The molecule has 1 aliphatic rings. The van der Waals surface area contributed by atoms with Crippen molar-refractivity contribution in [2.75, 3.05) is 25.6 Å². The topological polar surface area (TPSA) is 70.1 Å². The average Bonchev–Trinajstić information content (AvgIpc) is 2.99. The number of benzene rings is 2. The van der Waals surface area contributed by atoms with Gasteiger partial charge in [-0.2, -0.15) is 0 Å². The highest BCUT2D eigenvalue weighted by molar-refractivity contribution is 6.10. The molecule has 0 saturated carbocycles. The molecule has 3 rings (SSSR count). The summed E-state index contributed by atoms with van der Waals surface area (Å²) in [5, 5.41) is 10.8. The number of ketones is 1. The number of nitrogens with zero attached hydrogens (tertiary/aromatic N) is 2. The Morgan fingerprint density at radius 3 is 2.16 bits per heavy atom. The molecule has 170 valence electrons. The molecule has 1 amide bonds. The molecule has 0 aliphatic carbocycles. The molecule has 0 fully saturated rings. The summed E-state index contributed by atoms with van der Waals surface area (Å²) in [5.74, 6) is -0.477. The van der Waals surface area contributed by atoms with E-state index in [2.05, 4.69) is 0 Å².